The number of rotatable bonds is 3. The van der Waals surface area contributed by atoms with Gasteiger partial charge < -0.3 is 0 Å². The Morgan fingerprint density at radius 1 is 0.652 bits per heavy atom. The zero-order chi connectivity index (χ0) is 15.5. The second-order valence-corrected chi connectivity index (χ2v) is 6.38. The summed E-state index contributed by atoms with van der Waals surface area (Å²) in [6.45, 7) is 0. The Hall–Kier alpha value is -2.58. The molecule has 0 unspecified atom stereocenters. The molecule has 1 nitrogen and oxygen atoms in total. The first-order valence-corrected chi connectivity index (χ1v) is 8.40. The molecule has 0 aliphatic heterocycles. The summed E-state index contributed by atoms with van der Waals surface area (Å²) in [6.07, 6.45) is 0. The maximum atomic E-state index is 4.91. The van der Waals surface area contributed by atoms with E-state index in [9.17, 15) is 0 Å². The van der Waals surface area contributed by atoms with Gasteiger partial charge in [0.05, 0.1) is 5.52 Å². The van der Waals surface area contributed by atoms with E-state index in [0.717, 1.165) is 10.5 Å². The third-order valence-corrected chi connectivity index (χ3v) is 4.74. The van der Waals surface area contributed by atoms with E-state index >= 15 is 0 Å². The lowest BCUT2D eigenvalue weighted by molar-refractivity contribution is 1.19. The smallest absolute Gasteiger partial charge is 0.109 e. The molecule has 1 aromatic heterocycles. The fourth-order valence-electron chi connectivity index (χ4n) is 2.60. The van der Waals surface area contributed by atoms with Crippen LogP contribution in [-0.4, -0.2) is 4.98 Å². The van der Waals surface area contributed by atoms with E-state index in [1.165, 1.54) is 21.4 Å². The van der Waals surface area contributed by atoms with Crippen molar-refractivity contribution >= 4 is 22.7 Å². The van der Waals surface area contributed by atoms with Crippen molar-refractivity contribution in [2.75, 3.05) is 0 Å². The van der Waals surface area contributed by atoms with Crippen LogP contribution >= 0.6 is 11.8 Å². The molecule has 110 valence electrons. The van der Waals surface area contributed by atoms with Crippen LogP contribution in [0, 0.1) is 0 Å². The lowest BCUT2D eigenvalue weighted by Crippen LogP contribution is -1.89. The number of benzene rings is 3. The van der Waals surface area contributed by atoms with Crippen LogP contribution in [0.1, 0.15) is 0 Å². The van der Waals surface area contributed by atoms with Crippen molar-refractivity contribution in [1.29, 1.82) is 0 Å². The highest BCUT2D eigenvalue weighted by atomic mass is 32.2. The minimum atomic E-state index is 1.03. The van der Waals surface area contributed by atoms with Gasteiger partial charge in [-0.2, -0.15) is 0 Å². The molecule has 1 heterocycles. The molecule has 0 saturated carbocycles. The van der Waals surface area contributed by atoms with Gasteiger partial charge in [0.15, 0.2) is 0 Å². The van der Waals surface area contributed by atoms with Crippen LogP contribution in [0.3, 0.4) is 0 Å². The van der Waals surface area contributed by atoms with Crippen molar-refractivity contribution in [3.63, 3.8) is 0 Å². The molecule has 0 N–H and O–H groups in total. The number of para-hydroxylation sites is 1. The maximum absolute atomic E-state index is 4.91. The third kappa shape index (κ3) is 2.99. The lowest BCUT2D eigenvalue weighted by Gasteiger charge is -2.11. The maximum Gasteiger partial charge on any atom is 0.109 e. The quantitative estimate of drug-likeness (QED) is 0.456. The highest BCUT2D eigenvalue weighted by molar-refractivity contribution is 7.99. The van der Waals surface area contributed by atoms with Crippen molar-refractivity contribution in [3.8, 4) is 11.1 Å². The van der Waals surface area contributed by atoms with Crippen molar-refractivity contribution in [3.05, 3.63) is 91.0 Å². The van der Waals surface area contributed by atoms with E-state index in [1.807, 2.05) is 18.2 Å². The molecular formula is C21H15NS. The summed E-state index contributed by atoms with van der Waals surface area (Å²) in [5, 5.41) is 2.21. The summed E-state index contributed by atoms with van der Waals surface area (Å²) >= 11 is 1.71. The molecule has 0 saturated heterocycles. The van der Waals surface area contributed by atoms with Gasteiger partial charge in [-0.05, 0) is 29.8 Å². The topological polar surface area (TPSA) is 12.9 Å². The molecular weight excluding hydrogens is 298 g/mol. The van der Waals surface area contributed by atoms with Crippen LogP contribution in [0.15, 0.2) is 101 Å². The van der Waals surface area contributed by atoms with Crippen LogP contribution in [0.25, 0.3) is 22.0 Å². The van der Waals surface area contributed by atoms with Crippen molar-refractivity contribution < 1.29 is 0 Å². The number of nitrogens with zero attached hydrogens (tertiary/aromatic N) is 1. The predicted octanol–water partition coefficient (Wildman–Crippen LogP) is 6.05. The first-order valence-electron chi connectivity index (χ1n) is 7.58. The number of hydrogen-bond acceptors (Lipinski definition) is 2. The Balaban J connectivity index is 1.89. The monoisotopic (exact) mass is 313 g/mol. The zero-order valence-electron chi connectivity index (χ0n) is 12.5. The summed E-state index contributed by atoms with van der Waals surface area (Å²) in [4.78, 5) is 6.11. The van der Waals surface area contributed by atoms with Gasteiger partial charge in [0, 0.05) is 15.8 Å². The van der Waals surface area contributed by atoms with Gasteiger partial charge in [-0.25, -0.2) is 4.98 Å². The van der Waals surface area contributed by atoms with E-state index in [0.29, 0.717) is 0 Å². The predicted molar refractivity (Wildman–Crippen MR) is 97.7 cm³/mol. The molecule has 23 heavy (non-hydrogen) atoms. The number of aromatic nitrogens is 1. The van der Waals surface area contributed by atoms with E-state index in [1.54, 1.807) is 11.8 Å². The minimum absolute atomic E-state index is 1.03. The fraction of sp³-hybridized carbons (Fsp3) is 0. The summed E-state index contributed by atoms with van der Waals surface area (Å²) in [7, 11) is 0. The summed E-state index contributed by atoms with van der Waals surface area (Å²) in [6, 6.07) is 31.4. The average Bonchev–Trinajstić information content (AvgIpc) is 2.63. The largest absolute Gasteiger partial charge is 0.240 e. The second kappa shape index (κ2) is 6.27. The van der Waals surface area contributed by atoms with E-state index in [-0.39, 0.29) is 0 Å². The van der Waals surface area contributed by atoms with Crippen LogP contribution < -0.4 is 0 Å². The van der Waals surface area contributed by atoms with E-state index in [4.69, 9.17) is 4.98 Å². The normalized spacial score (nSPS) is 10.8. The Labute approximate surface area is 140 Å². The van der Waals surface area contributed by atoms with Crippen LogP contribution in [-0.2, 0) is 0 Å². The van der Waals surface area contributed by atoms with Gasteiger partial charge in [0.25, 0.3) is 0 Å². The molecule has 0 aliphatic carbocycles. The van der Waals surface area contributed by atoms with Crippen molar-refractivity contribution in [1.82, 2.24) is 4.98 Å². The molecule has 0 fully saturated rings. The molecule has 3 aromatic carbocycles. The molecule has 0 bridgehead atoms. The molecule has 4 aromatic rings. The van der Waals surface area contributed by atoms with Gasteiger partial charge in [-0.15, -0.1) is 0 Å². The molecule has 0 amide bonds. The fourth-order valence-corrected chi connectivity index (χ4v) is 3.55. The molecule has 0 radical (unpaired) electrons. The SMILES string of the molecule is c1ccc(Sc2nc3ccccc3cc2-c2ccccc2)cc1. The molecule has 0 spiro atoms. The summed E-state index contributed by atoms with van der Waals surface area (Å²) in [5.74, 6) is 0. The highest BCUT2D eigenvalue weighted by Crippen LogP contribution is 2.36. The van der Waals surface area contributed by atoms with Gasteiger partial charge in [0.2, 0.25) is 0 Å². The first kappa shape index (κ1) is 14.0. The Bertz CT molecular complexity index is 933. The van der Waals surface area contributed by atoms with Crippen LogP contribution in [0.5, 0.6) is 0 Å². The van der Waals surface area contributed by atoms with Gasteiger partial charge in [0.1, 0.15) is 5.03 Å². The summed E-state index contributed by atoms with van der Waals surface area (Å²) in [5.41, 5.74) is 3.41. The van der Waals surface area contributed by atoms with Gasteiger partial charge in [-0.1, -0.05) is 78.5 Å². The van der Waals surface area contributed by atoms with Crippen LogP contribution in [0.4, 0.5) is 0 Å². The number of hydrogen-bond donors (Lipinski definition) is 0. The molecule has 4 rings (SSSR count). The summed E-state index contributed by atoms with van der Waals surface area (Å²) < 4.78 is 0. The number of fused-ring (bicyclic) bond motifs is 1. The van der Waals surface area contributed by atoms with Gasteiger partial charge in [-0.3, -0.25) is 0 Å². The molecule has 2 heteroatoms. The van der Waals surface area contributed by atoms with Gasteiger partial charge >= 0.3 is 0 Å². The zero-order valence-corrected chi connectivity index (χ0v) is 13.3. The molecule has 0 aliphatic rings. The Morgan fingerprint density at radius 2 is 1.30 bits per heavy atom. The van der Waals surface area contributed by atoms with Crippen molar-refractivity contribution in [2.24, 2.45) is 0 Å². The lowest BCUT2D eigenvalue weighted by atomic mass is 10.1. The Kier molecular flexibility index (Phi) is 3.83. The molecule has 0 atom stereocenters. The Morgan fingerprint density at radius 3 is 2.09 bits per heavy atom. The second-order valence-electron chi connectivity index (χ2n) is 5.31. The van der Waals surface area contributed by atoms with E-state index < -0.39 is 0 Å². The third-order valence-electron chi connectivity index (χ3n) is 3.73. The van der Waals surface area contributed by atoms with E-state index in [2.05, 4.69) is 72.8 Å². The highest BCUT2D eigenvalue weighted by Gasteiger charge is 2.10. The standard InChI is InChI=1S/C21H15NS/c1-3-9-16(10-4-1)19-15-17-11-7-8-14-20(17)22-21(19)23-18-12-5-2-6-13-18/h1-15H. The average molecular weight is 313 g/mol. The van der Waals surface area contributed by atoms with Crippen LogP contribution in [0.2, 0.25) is 0 Å². The first-order chi connectivity index (χ1) is 11.4. The van der Waals surface area contributed by atoms with Crippen molar-refractivity contribution in [2.45, 2.75) is 9.92 Å². The number of pyridine rings is 1. The minimum Gasteiger partial charge on any atom is -0.240 e.